The number of benzene rings is 1. The highest BCUT2D eigenvalue weighted by molar-refractivity contribution is 7.80. The van der Waals surface area contributed by atoms with Gasteiger partial charge in [-0.2, -0.15) is 0 Å². The van der Waals surface area contributed by atoms with Gasteiger partial charge < -0.3 is 19.4 Å². The predicted octanol–water partition coefficient (Wildman–Crippen LogP) is -0.778. The SMILES string of the molecule is COc1cc(CC2=NC(=S)NC2=O)ccc1OCC(=O)[O-]. The Morgan fingerprint density at radius 3 is 2.76 bits per heavy atom. The van der Waals surface area contributed by atoms with Crippen LogP contribution in [0.2, 0.25) is 0 Å². The number of carbonyl (C=O) groups is 2. The number of rotatable bonds is 6. The normalized spacial score (nSPS) is 13.7. The average Bonchev–Trinajstić information content (AvgIpc) is 2.75. The number of hydrogen-bond acceptors (Lipinski definition) is 6. The summed E-state index contributed by atoms with van der Waals surface area (Å²) in [7, 11) is 1.43. The molecule has 1 aromatic carbocycles. The molecule has 0 saturated carbocycles. The molecule has 0 fully saturated rings. The fourth-order valence-electron chi connectivity index (χ4n) is 1.76. The van der Waals surface area contributed by atoms with E-state index in [0.717, 1.165) is 5.56 Å². The molecule has 1 aliphatic heterocycles. The first kappa shape index (κ1) is 14.9. The van der Waals surface area contributed by atoms with Crippen LogP contribution >= 0.6 is 12.2 Å². The van der Waals surface area contributed by atoms with Gasteiger partial charge >= 0.3 is 0 Å². The number of methoxy groups -OCH3 is 1. The molecule has 7 nitrogen and oxygen atoms in total. The maximum atomic E-state index is 11.5. The summed E-state index contributed by atoms with van der Waals surface area (Å²) < 4.78 is 10.2. The molecule has 0 radical (unpaired) electrons. The fraction of sp³-hybridized carbons (Fsp3) is 0.231. The monoisotopic (exact) mass is 307 g/mol. The Kier molecular flexibility index (Phi) is 4.49. The zero-order valence-corrected chi connectivity index (χ0v) is 11.9. The van der Waals surface area contributed by atoms with E-state index in [-0.39, 0.29) is 23.2 Å². The van der Waals surface area contributed by atoms with Crippen molar-refractivity contribution in [3.8, 4) is 11.5 Å². The van der Waals surface area contributed by atoms with Crippen LogP contribution in [0.4, 0.5) is 0 Å². The molecular weight excluding hydrogens is 296 g/mol. The van der Waals surface area contributed by atoms with Crippen molar-refractivity contribution in [3.63, 3.8) is 0 Å². The van der Waals surface area contributed by atoms with Crippen molar-refractivity contribution in [1.29, 1.82) is 0 Å². The molecule has 8 heteroatoms. The molecule has 0 aliphatic carbocycles. The highest BCUT2D eigenvalue weighted by Crippen LogP contribution is 2.28. The van der Waals surface area contributed by atoms with Crippen molar-refractivity contribution in [2.45, 2.75) is 6.42 Å². The summed E-state index contributed by atoms with van der Waals surface area (Å²) in [5, 5.41) is 13.0. The highest BCUT2D eigenvalue weighted by Gasteiger charge is 2.21. The van der Waals surface area contributed by atoms with Gasteiger partial charge in [-0.3, -0.25) is 10.1 Å². The van der Waals surface area contributed by atoms with Gasteiger partial charge in [0, 0.05) is 6.42 Å². The van der Waals surface area contributed by atoms with Crippen LogP contribution in [0, 0.1) is 0 Å². The third-order valence-corrected chi connectivity index (χ3v) is 2.86. The van der Waals surface area contributed by atoms with Gasteiger partial charge in [0.15, 0.2) is 16.6 Å². The molecule has 0 aromatic heterocycles. The van der Waals surface area contributed by atoms with E-state index in [1.165, 1.54) is 7.11 Å². The number of aliphatic carboxylic acids is 1. The molecule has 1 aliphatic rings. The lowest BCUT2D eigenvalue weighted by atomic mass is 10.1. The summed E-state index contributed by atoms with van der Waals surface area (Å²) in [6.07, 6.45) is 0.281. The molecular formula is C13H11N2O5S-. The Bertz CT molecular complexity index is 641. The molecule has 1 aromatic rings. The number of amides is 1. The third kappa shape index (κ3) is 3.76. The van der Waals surface area contributed by atoms with Gasteiger partial charge in [-0.15, -0.1) is 0 Å². The number of carboxylic acid groups (broad SMARTS) is 1. The van der Waals surface area contributed by atoms with E-state index in [2.05, 4.69) is 10.3 Å². The molecule has 0 atom stereocenters. The zero-order chi connectivity index (χ0) is 15.4. The second-order valence-corrected chi connectivity index (χ2v) is 4.53. The van der Waals surface area contributed by atoms with Gasteiger partial charge in [0.25, 0.3) is 5.91 Å². The first-order valence-corrected chi connectivity index (χ1v) is 6.33. The van der Waals surface area contributed by atoms with Crippen LogP contribution in [-0.4, -0.2) is 36.4 Å². The number of aliphatic imine (C=N–C) groups is 1. The number of hydrogen-bond donors (Lipinski definition) is 1. The maximum absolute atomic E-state index is 11.5. The maximum Gasteiger partial charge on any atom is 0.272 e. The third-order valence-electron chi connectivity index (χ3n) is 2.66. The number of ether oxygens (including phenoxy) is 2. The van der Waals surface area contributed by atoms with Crippen LogP contribution in [0.3, 0.4) is 0 Å². The van der Waals surface area contributed by atoms with Crippen LogP contribution in [-0.2, 0) is 16.0 Å². The van der Waals surface area contributed by atoms with Crippen molar-refractivity contribution in [3.05, 3.63) is 23.8 Å². The minimum atomic E-state index is -1.33. The van der Waals surface area contributed by atoms with E-state index in [9.17, 15) is 14.7 Å². The van der Waals surface area contributed by atoms with E-state index in [1.54, 1.807) is 18.2 Å². The number of carboxylic acids is 1. The summed E-state index contributed by atoms with van der Waals surface area (Å²) in [4.78, 5) is 25.8. The van der Waals surface area contributed by atoms with Crippen LogP contribution in [0.25, 0.3) is 0 Å². The van der Waals surface area contributed by atoms with Crippen LogP contribution < -0.4 is 19.9 Å². The first-order chi connectivity index (χ1) is 9.99. The number of nitrogens with zero attached hydrogens (tertiary/aromatic N) is 1. The average molecular weight is 307 g/mol. The number of thiocarbonyl (C=S) groups is 1. The van der Waals surface area contributed by atoms with Gasteiger partial charge in [-0.05, 0) is 29.9 Å². The summed E-state index contributed by atoms with van der Waals surface area (Å²) in [5.41, 5.74) is 1.07. The van der Waals surface area contributed by atoms with Crippen molar-refractivity contribution >= 4 is 34.9 Å². The minimum absolute atomic E-state index is 0.149. The molecule has 21 heavy (non-hydrogen) atoms. The van der Waals surface area contributed by atoms with E-state index in [1.807, 2.05) is 0 Å². The summed E-state index contributed by atoms with van der Waals surface area (Å²) >= 11 is 4.79. The molecule has 1 heterocycles. The smallest absolute Gasteiger partial charge is 0.272 e. The standard InChI is InChI=1S/C13H12N2O5S/c1-19-10-5-7(2-3-9(10)20-6-11(16)17)4-8-12(18)15-13(21)14-8/h2-3,5H,4,6H2,1H3,(H,16,17)(H,15,18,21)/p-1. The zero-order valence-electron chi connectivity index (χ0n) is 11.0. The second kappa shape index (κ2) is 6.31. The second-order valence-electron chi connectivity index (χ2n) is 4.14. The molecule has 0 bridgehead atoms. The van der Waals surface area contributed by atoms with E-state index in [4.69, 9.17) is 21.7 Å². The highest BCUT2D eigenvalue weighted by atomic mass is 32.1. The summed E-state index contributed by atoms with van der Waals surface area (Å²) in [5.74, 6) is -1.02. The van der Waals surface area contributed by atoms with Crippen molar-refractivity contribution < 1.29 is 24.2 Å². The lowest BCUT2D eigenvalue weighted by Crippen LogP contribution is -2.29. The lowest BCUT2D eigenvalue weighted by molar-refractivity contribution is -0.307. The summed E-state index contributed by atoms with van der Waals surface area (Å²) in [6.45, 7) is -0.570. The lowest BCUT2D eigenvalue weighted by Gasteiger charge is -2.12. The molecule has 2 rings (SSSR count). The van der Waals surface area contributed by atoms with Gasteiger partial charge in [0.05, 0.1) is 13.1 Å². The molecule has 0 unspecified atom stereocenters. The Hall–Kier alpha value is -2.48. The minimum Gasteiger partial charge on any atom is -0.546 e. The van der Waals surface area contributed by atoms with Crippen LogP contribution in [0.1, 0.15) is 5.56 Å². The molecule has 0 saturated heterocycles. The van der Waals surface area contributed by atoms with Crippen LogP contribution in [0.15, 0.2) is 23.2 Å². The molecule has 0 spiro atoms. The Morgan fingerprint density at radius 1 is 1.43 bits per heavy atom. The van der Waals surface area contributed by atoms with Crippen molar-refractivity contribution in [1.82, 2.24) is 5.32 Å². The van der Waals surface area contributed by atoms with Gasteiger partial charge in [-0.25, -0.2) is 4.99 Å². The van der Waals surface area contributed by atoms with E-state index < -0.39 is 12.6 Å². The Labute approximate surface area is 125 Å². The quantitative estimate of drug-likeness (QED) is 0.692. The fourth-order valence-corrected chi connectivity index (χ4v) is 1.96. The van der Waals surface area contributed by atoms with Gasteiger partial charge in [-0.1, -0.05) is 6.07 Å². The first-order valence-electron chi connectivity index (χ1n) is 5.92. The number of nitrogens with one attached hydrogen (secondary N) is 1. The molecule has 1 amide bonds. The Morgan fingerprint density at radius 2 is 2.19 bits per heavy atom. The van der Waals surface area contributed by atoms with Crippen LogP contribution in [0.5, 0.6) is 11.5 Å². The van der Waals surface area contributed by atoms with Gasteiger partial charge in [0.2, 0.25) is 0 Å². The molecule has 110 valence electrons. The molecule has 1 N–H and O–H groups in total. The van der Waals surface area contributed by atoms with Gasteiger partial charge in [0.1, 0.15) is 12.3 Å². The van der Waals surface area contributed by atoms with E-state index in [0.29, 0.717) is 11.5 Å². The topological polar surface area (TPSA) is 100 Å². The Balaban J connectivity index is 2.15. The summed E-state index contributed by atoms with van der Waals surface area (Å²) in [6, 6.07) is 4.88. The van der Waals surface area contributed by atoms with Crippen molar-refractivity contribution in [2.75, 3.05) is 13.7 Å². The predicted molar refractivity (Wildman–Crippen MR) is 75.4 cm³/mol. The van der Waals surface area contributed by atoms with Crippen molar-refractivity contribution in [2.24, 2.45) is 4.99 Å². The largest absolute Gasteiger partial charge is 0.546 e. The number of carbonyl (C=O) groups excluding carboxylic acids is 2. The van der Waals surface area contributed by atoms with E-state index >= 15 is 0 Å².